The first-order valence-corrected chi connectivity index (χ1v) is 4.60. The van der Waals surface area contributed by atoms with Gasteiger partial charge in [-0.2, -0.15) is 0 Å². The molecular weight excluding hydrogens is 170 g/mol. The monoisotopic (exact) mass is 189 g/mol. The molecule has 4 nitrogen and oxygen atoms in total. The summed E-state index contributed by atoms with van der Waals surface area (Å²) in [4.78, 5) is 10.5. The van der Waals surface area contributed by atoms with Crippen molar-refractivity contribution in [3.63, 3.8) is 0 Å². The third kappa shape index (κ3) is 5.60. The summed E-state index contributed by atoms with van der Waals surface area (Å²) < 4.78 is 5.16. The number of hydrogen-bond donors (Lipinski definition) is 2. The van der Waals surface area contributed by atoms with Crippen molar-refractivity contribution in [2.75, 3.05) is 13.2 Å². The lowest BCUT2D eigenvalue weighted by Gasteiger charge is -2.18. The Morgan fingerprint density at radius 1 is 1.54 bits per heavy atom. The van der Waals surface area contributed by atoms with Crippen molar-refractivity contribution in [2.45, 2.75) is 38.6 Å². The van der Waals surface area contributed by atoms with Gasteiger partial charge in [-0.25, -0.2) is 0 Å². The summed E-state index contributed by atoms with van der Waals surface area (Å²) in [6, 6.07) is 0. The second-order valence-corrected chi connectivity index (χ2v) is 3.48. The van der Waals surface area contributed by atoms with E-state index in [1.807, 2.05) is 0 Å². The Kier molecular flexibility index (Phi) is 5.66. The van der Waals surface area contributed by atoms with Crippen LogP contribution in [0.3, 0.4) is 0 Å². The summed E-state index contributed by atoms with van der Waals surface area (Å²) in [5.74, 6) is -1.03. The largest absolute Gasteiger partial charge is 0.480 e. The number of ether oxygens (including phenoxy) is 1. The minimum absolute atomic E-state index is 0.0754. The Balaban J connectivity index is 3.46. The van der Waals surface area contributed by atoms with Gasteiger partial charge in [-0.1, -0.05) is 19.8 Å². The highest BCUT2D eigenvalue weighted by Crippen LogP contribution is 2.01. The SMILES string of the molecule is CCCCCOCC(C)(N)C(=O)O. The lowest BCUT2D eigenvalue weighted by Crippen LogP contribution is -2.49. The van der Waals surface area contributed by atoms with E-state index in [2.05, 4.69) is 6.92 Å². The molecule has 1 unspecified atom stereocenters. The maximum absolute atomic E-state index is 10.5. The summed E-state index contributed by atoms with van der Waals surface area (Å²) in [7, 11) is 0. The van der Waals surface area contributed by atoms with Crippen molar-refractivity contribution < 1.29 is 14.6 Å². The molecule has 0 aromatic heterocycles. The maximum Gasteiger partial charge on any atom is 0.325 e. The Morgan fingerprint density at radius 2 is 2.15 bits per heavy atom. The van der Waals surface area contributed by atoms with Gasteiger partial charge in [-0.05, 0) is 13.3 Å². The van der Waals surface area contributed by atoms with Crippen LogP contribution in [-0.4, -0.2) is 29.8 Å². The van der Waals surface area contributed by atoms with Gasteiger partial charge in [0.1, 0.15) is 5.54 Å². The van der Waals surface area contributed by atoms with Crippen LogP contribution >= 0.6 is 0 Å². The molecule has 0 saturated heterocycles. The molecule has 0 aliphatic rings. The van der Waals surface area contributed by atoms with Crippen molar-refractivity contribution in [2.24, 2.45) is 5.73 Å². The van der Waals surface area contributed by atoms with Crippen LogP contribution < -0.4 is 5.73 Å². The Labute approximate surface area is 79.1 Å². The zero-order valence-electron chi connectivity index (χ0n) is 8.38. The first kappa shape index (κ1) is 12.4. The lowest BCUT2D eigenvalue weighted by molar-refractivity contribution is -0.145. The molecule has 0 radical (unpaired) electrons. The van der Waals surface area contributed by atoms with Crippen molar-refractivity contribution in [1.82, 2.24) is 0 Å². The molecule has 1 atom stereocenters. The first-order valence-electron chi connectivity index (χ1n) is 4.60. The number of unbranched alkanes of at least 4 members (excludes halogenated alkanes) is 2. The highest BCUT2D eigenvalue weighted by molar-refractivity contribution is 5.77. The number of carboxylic acids is 1. The smallest absolute Gasteiger partial charge is 0.325 e. The molecule has 0 aromatic carbocycles. The fourth-order valence-electron chi connectivity index (χ4n) is 0.800. The second kappa shape index (κ2) is 5.94. The molecule has 0 aromatic rings. The Hall–Kier alpha value is -0.610. The van der Waals surface area contributed by atoms with Gasteiger partial charge < -0.3 is 15.6 Å². The molecule has 13 heavy (non-hydrogen) atoms. The van der Waals surface area contributed by atoms with Crippen LogP contribution in [0.2, 0.25) is 0 Å². The van der Waals surface area contributed by atoms with Crippen LogP contribution in [0.4, 0.5) is 0 Å². The number of carbonyl (C=O) groups is 1. The van der Waals surface area contributed by atoms with E-state index >= 15 is 0 Å². The van der Waals surface area contributed by atoms with Crippen LogP contribution in [0.5, 0.6) is 0 Å². The molecule has 0 rings (SSSR count). The van der Waals surface area contributed by atoms with Crippen LogP contribution in [0.15, 0.2) is 0 Å². The van der Waals surface area contributed by atoms with E-state index in [4.69, 9.17) is 15.6 Å². The molecule has 0 saturated carbocycles. The van der Waals surface area contributed by atoms with Crippen molar-refractivity contribution >= 4 is 5.97 Å². The third-order valence-electron chi connectivity index (χ3n) is 1.78. The average Bonchev–Trinajstić information content (AvgIpc) is 2.03. The van der Waals surface area contributed by atoms with E-state index in [0.717, 1.165) is 19.3 Å². The summed E-state index contributed by atoms with van der Waals surface area (Å²) >= 11 is 0. The van der Waals surface area contributed by atoms with Gasteiger partial charge in [0, 0.05) is 6.61 Å². The second-order valence-electron chi connectivity index (χ2n) is 3.48. The highest BCUT2D eigenvalue weighted by Gasteiger charge is 2.27. The van der Waals surface area contributed by atoms with Crippen molar-refractivity contribution in [1.29, 1.82) is 0 Å². The molecule has 0 aliphatic heterocycles. The summed E-state index contributed by atoms with van der Waals surface area (Å²) in [5, 5.41) is 8.64. The summed E-state index contributed by atoms with van der Waals surface area (Å²) in [6.07, 6.45) is 3.20. The van der Waals surface area contributed by atoms with Gasteiger partial charge >= 0.3 is 5.97 Å². The maximum atomic E-state index is 10.5. The molecule has 0 spiro atoms. The van der Waals surface area contributed by atoms with E-state index < -0.39 is 11.5 Å². The first-order chi connectivity index (χ1) is 6.00. The van der Waals surface area contributed by atoms with Gasteiger partial charge in [-0.3, -0.25) is 4.79 Å². The predicted molar refractivity (Wildman–Crippen MR) is 50.6 cm³/mol. The Morgan fingerprint density at radius 3 is 2.62 bits per heavy atom. The predicted octanol–water partition coefficient (Wildman–Crippen LogP) is 0.995. The van der Waals surface area contributed by atoms with Crippen molar-refractivity contribution in [3.8, 4) is 0 Å². The molecule has 78 valence electrons. The topological polar surface area (TPSA) is 72.5 Å². The molecule has 0 amide bonds. The van der Waals surface area contributed by atoms with Crippen LogP contribution in [0.25, 0.3) is 0 Å². The van der Waals surface area contributed by atoms with E-state index in [0.29, 0.717) is 6.61 Å². The van der Waals surface area contributed by atoms with E-state index in [1.54, 1.807) is 0 Å². The fraction of sp³-hybridized carbons (Fsp3) is 0.889. The molecule has 4 heteroatoms. The van der Waals surface area contributed by atoms with Gasteiger partial charge in [0.15, 0.2) is 0 Å². The molecule has 0 fully saturated rings. The third-order valence-corrected chi connectivity index (χ3v) is 1.78. The highest BCUT2D eigenvalue weighted by atomic mass is 16.5. The van der Waals surface area contributed by atoms with E-state index in [9.17, 15) is 4.79 Å². The number of rotatable bonds is 7. The van der Waals surface area contributed by atoms with Gasteiger partial charge in [-0.15, -0.1) is 0 Å². The zero-order chi connectivity index (χ0) is 10.3. The Bertz CT molecular complexity index is 157. The standard InChI is InChI=1S/C9H19NO3/c1-3-4-5-6-13-7-9(2,10)8(11)12/h3-7,10H2,1-2H3,(H,11,12). The quantitative estimate of drug-likeness (QED) is 0.586. The molecule has 0 heterocycles. The minimum atomic E-state index is -1.26. The van der Waals surface area contributed by atoms with E-state index in [1.165, 1.54) is 6.92 Å². The van der Waals surface area contributed by atoms with E-state index in [-0.39, 0.29) is 6.61 Å². The normalized spacial score (nSPS) is 15.3. The van der Waals surface area contributed by atoms with Gasteiger partial charge in [0.05, 0.1) is 6.61 Å². The van der Waals surface area contributed by atoms with Crippen LogP contribution in [0, 0.1) is 0 Å². The number of hydrogen-bond acceptors (Lipinski definition) is 3. The van der Waals surface area contributed by atoms with Gasteiger partial charge in [0.25, 0.3) is 0 Å². The van der Waals surface area contributed by atoms with Crippen LogP contribution in [0.1, 0.15) is 33.1 Å². The lowest BCUT2D eigenvalue weighted by atomic mass is 10.1. The average molecular weight is 189 g/mol. The molecule has 0 aliphatic carbocycles. The molecule has 0 bridgehead atoms. The molecular formula is C9H19NO3. The number of nitrogens with two attached hydrogens (primary N) is 1. The zero-order valence-corrected chi connectivity index (χ0v) is 8.38. The minimum Gasteiger partial charge on any atom is -0.480 e. The van der Waals surface area contributed by atoms with Crippen molar-refractivity contribution in [3.05, 3.63) is 0 Å². The molecule has 3 N–H and O–H groups in total. The number of carboxylic acid groups (broad SMARTS) is 1. The number of aliphatic carboxylic acids is 1. The summed E-state index contributed by atoms with van der Waals surface area (Å²) in [5.41, 5.74) is 4.19. The van der Waals surface area contributed by atoms with Crippen LogP contribution in [-0.2, 0) is 9.53 Å². The fourth-order valence-corrected chi connectivity index (χ4v) is 0.800. The summed E-state index contributed by atoms with van der Waals surface area (Å²) in [6.45, 7) is 4.22. The van der Waals surface area contributed by atoms with Gasteiger partial charge in [0.2, 0.25) is 0 Å².